The summed E-state index contributed by atoms with van der Waals surface area (Å²) in [6.07, 6.45) is 1.69. The number of aryl methyl sites for hydroxylation is 1. The van der Waals surface area contributed by atoms with Gasteiger partial charge in [-0.25, -0.2) is 4.39 Å². The van der Waals surface area contributed by atoms with Gasteiger partial charge in [-0.15, -0.1) is 11.3 Å². The molecule has 0 aliphatic heterocycles. The Morgan fingerprint density at radius 2 is 2.00 bits per heavy atom. The summed E-state index contributed by atoms with van der Waals surface area (Å²) in [6, 6.07) is 8.68. The highest BCUT2D eigenvalue weighted by Crippen LogP contribution is 2.26. The van der Waals surface area contributed by atoms with Crippen LogP contribution in [0.3, 0.4) is 0 Å². The highest BCUT2D eigenvalue weighted by atomic mass is 32.1. The van der Waals surface area contributed by atoms with Gasteiger partial charge in [-0.1, -0.05) is 13.0 Å². The van der Waals surface area contributed by atoms with Gasteiger partial charge < -0.3 is 10.5 Å². The third kappa shape index (κ3) is 3.33. The Balaban J connectivity index is 2.13. The molecule has 0 radical (unpaired) electrons. The quantitative estimate of drug-likeness (QED) is 0.905. The first-order chi connectivity index (χ1) is 9.13. The predicted octanol–water partition coefficient (Wildman–Crippen LogP) is 3.70. The Bertz CT molecular complexity index is 553. The number of ether oxygens (including phenoxy) is 1. The first-order valence-corrected chi connectivity index (χ1v) is 7.12. The summed E-state index contributed by atoms with van der Waals surface area (Å²) in [5.41, 5.74) is 6.63. The third-order valence-corrected chi connectivity index (χ3v) is 4.35. The predicted molar refractivity (Wildman–Crippen MR) is 77.3 cm³/mol. The second-order valence-corrected chi connectivity index (χ2v) is 5.67. The number of rotatable bonds is 5. The molecular weight excluding hydrogens is 261 g/mol. The van der Waals surface area contributed by atoms with Gasteiger partial charge in [0.25, 0.3) is 0 Å². The summed E-state index contributed by atoms with van der Waals surface area (Å²) in [4.78, 5) is 2.52. The van der Waals surface area contributed by atoms with Gasteiger partial charge in [0.1, 0.15) is 11.6 Å². The van der Waals surface area contributed by atoms with Gasteiger partial charge in [-0.3, -0.25) is 0 Å². The van der Waals surface area contributed by atoms with Crippen molar-refractivity contribution in [2.24, 2.45) is 5.73 Å². The van der Waals surface area contributed by atoms with Crippen LogP contribution in [0.1, 0.15) is 28.3 Å². The lowest BCUT2D eigenvalue weighted by molar-refractivity contribution is 0.410. The maximum absolute atomic E-state index is 13.9. The molecule has 102 valence electrons. The average Bonchev–Trinajstić information content (AvgIpc) is 2.86. The van der Waals surface area contributed by atoms with E-state index in [1.165, 1.54) is 22.9 Å². The SMILES string of the molecule is CCc1ccc(CC(N)c2ccc(OC)cc2F)s1. The van der Waals surface area contributed by atoms with Crippen LogP contribution in [0.25, 0.3) is 0 Å². The molecule has 1 aromatic carbocycles. The lowest BCUT2D eigenvalue weighted by Crippen LogP contribution is -2.14. The minimum atomic E-state index is -0.325. The van der Waals surface area contributed by atoms with Crippen LogP contribution in [0, 0.1) is 5.82 Å². The van der Waals surface area contributed by atoms with E-state index >= 15 is 0 Å². The minimum absolute atomic E-state index is 0.306. The van der Waals surface area contributed by atoms with Gasteiger partial charge in [0.05, 0.1) is 7.11 Å². The van der Waals surface area contributed by atoms with Crippen LogP contribution in [0.2, 0.25) is 0 Å². The molecule has 2 aromatic rings. The van der Waals surface area contributed by atoms with Crippen molar-refractivity contribution in [3.8, 4) is 5.75 Å². The molecule has 1 heterocycles. The lowest BCUT2D eigenvalue weighted by Gasteiger charge is -2.12. The van der Waals surface area contributed by atoms with E-state index in [0.717, 1.165) is 6.42 Å². The van der Waals surface area contributed by atoms with Gasteiger partial charge in [-0.2, -0.15) is 0 Å². The first-order valence-electron chi connectivity index (χ1n) is 6.30. The van der Waals surface area contributed by atoms with Crippen LogP contribution in [0.15, 0.2) is 30.3 Å². The molecule has 1 aromatic heterocycles. The van der Waals surface area contributed by atoms with Crippen molar-refractivity contribution in [1.82, 2.24) is 0 Å². The Labute approximate surface area is 117 Å². The summed E-state index contributed by atoms with van der Waals surface area (Å²) < 4.78 is 18.9. The first kappa shape index (κ1) is 14.0. The summed E-state index contributed by atoms with van der Waals surface area (Å²) in [6.45, 7) is 2.12. The number of thiophene rings is 1. The van der Waals surface area contributed by atoms with E-state index in [1.807, 2.05) is 0 Å². The van der Waals surface area contributed by atoms with Crippen molar-refractivity contribution in [1.29, 1.82) is 0 Å². The van der Waals surface area contributed by atoms with Crippen LogP contribution >= 0.6 is 11.3 Å². The van der Waals surface area contributed by atoms with Crippen LogP contribution < -0.4 is 10.5 Å². The van der Waals surface area contributed by atoms with Crippen molar-refractivity contribution in [2.45, 2.75) is 25.8 Å². The standard InChI is InChI=1S/C15H18FNOS/c1-3-11-5-6-12(19-11)9-15(17)13-7-4-10(18-2)8-14(13)16/h4-8,15H,3,9,17H2,1-2H3. The Hall–Kier alpha value is -1.39. The monoisotopic (exact) mass is 279 g/mol. The molecule has 4 heteroatoms. The molecule has 0 amide bonds. The topological polar surface area (TPSA) is 35.2 Å². The van der Waals surface area contributed by atoms with Crippen LogP contribution in [-0.4, -0.2) is 7.11 Å². The van der Waals surface area contributed by atoms with E-state index in [4.69, 9.17) is 10.5 Å². The molecule has 0 aliphatic carbocycles. The highest BCUT2D eigenvalue weighted by Gasteiger charge is 2.14. The zero-order valence-corrected chi connectivity index (χ0v) is 12.0. The van der Waals surface area contributed by atoms with E-state index in [0.29, 0.717) is 17.7 Å². The van der Waals surface area contributed by atoms with Gasteiger partial charge in [-0.05, 0) is 24.6 Å². The van der Waals surface area contributed by atoms with Gasteiger partial charge in [0, 0.05) is 33.8 Å². The Morgan fingerprint density at radius 1 is 1.26 bits per heavy atom. The molecule has 2 nitrogen and oxygen atoms in total. The lowest BCUT2D eigenvalue weighted by atomic mass is 10.0. The van der Waals surface area contributed by atoms with Crippen molar-refractivity contribution in [3.05, 3.63) is 51.5 Å². The zero-order valence-electron chi connectivity index (χ0n) is 11.2. The molecule has 2 rings (SSSR count). The minimum Gasteiger partial charge on any atom is -0.497 e. The number of hydrogen-bond acceptors (Lipinski definition) is 3. The van der Waals surface area contributed by atoms with Crippen LogP contribution in [0.5, 0.6) is 5.75 Å². The summed E-state index contributed by atoms with van der Waals surface area (Å²) in [7, 11) is 1.52. The molecule has 0 saturated heterocycles. The fourth-order valence-electron chi connectivity index (χ4n) is 1.98. The molecule has 0 bridgehead atoms. The van der Waals surface area contributed by atoms with E-state index in [2.05, 4.69) is 19.1 Å². The maximum atomic E-state index is 13.9. The van der Waals surface area contributed by atoms with E-state index in [-0.39, 0.29) is 11.9 Å². The summed E-state index contributed by atoms with van der Waals surface area (Å²) in [5, 5.41) is 0. The van der Waals surface area contributed by atoms with Crippen molar-refractivity contribution >= 4 is 11.3 Å². The second-order valence-electron chi connectivity index (χ2n) is 4.42. The number of halogens is 1. The molecule has 2 N–H and O–H groups in total. The van der Waals surface area contributed by atoms with E-state index in [1.54, 1.807) is 23.5 Å². The highest BCUT2D eigenvalue weighted by molar-refractivity contribution is 7.11. The number of nitrogens with two attached hydrogens (primary N) is 1. The summed E-state index contributed by atoms with van der Waals surface area (Å²) in [5.74, 6) is 0.206. The van der Waals surface area contributed by atoms with Crippen molar-refractivity contribution < 1.29 is 9.13 Å². The van der Waals surface area contributed by atoms with Gasteiger partial charge in [0.2, 0.25) is 0 Å². The fourth-order valence-corrected chi connectivity index (χ4v) is 3.00. The number of methoxy groups -OCH3 is 1. The Morgan fingerprint density at radius 3 is 2.58 bits per heavy atom. The van der Waals surface area contributed by atoms with E-state index < -0.39 is 0 Å². The molecule has 0 spiro atoms. The van der Waals surface area contributed by atoms with Crippen molar-refractivity contribution in [3.63, 3.8) is 0 Å². The number of hydrogen-bond donors (Lipinski definition) is 1. The van der Waals surface area contributed by atoms with E-state index in [9.17, 15) is 4.39 Å². The molecular formula is C15H18FNOS. The summed E-state index contributed by atoms with van der Waals surface area (Å²) >= 11 is 1.74. The normalized spacial score (nSPS) is 12.4. The molecule has 0 saturated carbocycles. The van der Waals surface area contributed by atoms with Gasteiger partial charge >= 0.3 is 0 Å². The molecule has 0 aliphatic rings. The Kier molecular flexibility index (Phi) is 4.56. The van der Waals surface area contributed by atoms with Crippen LogP contribution in [0.4, 0.5) is 4.39 Å². The fraction of sp³-hybridized carbons (Fsp3) is 0.333. The maximum Gasteiger partial charge on any atom is 0.131 e. The van der Waals surface area contributed by atoms with Gasteiger partial charge in [0.15, 0.2) is 0 Å². The molecule has 1 atom stereocenters. The largest absolute Gasteiger partial charge is 0.497 e. The second kappa shape index (κ2) is 6.17. The molecule has 1 unspecified atom stereocenters. The molecule has 19 heavy (non-hydrogen) atoms. The number of benzene rings is 1. The van der Waals surface area contributed by atoms with Crippen LogP contribution in [-0.2, 0) is 12.8 Å². The molecule has 0 fully saturated rings. The smallest absolute Gasteiger partial charge is 0.131 e. The van der Waals surface area contributed by atoms with Crippen molar-refractivity contribution in [2.75, 3.05) is 7.11 Å². The average molecular weight is 279 g/mol. The zero-order chi connectivity index (χ0) is 13.8. The third-order valence-electron chi connectivity index (χ3n) is 3.09.